The van der Waals surface area contributed by atoms with E-state index in [-0.39, 0.29) is 28.4 Å². The molecular formula is C10H12O5. The second kappa shape index (κ2) is 4.65. The van der Waals surface area contributed by atoms with Crippen LogP contribution in [0.3, 0.4) is 0 Å². The first-order chi connectivity index (χ1) is 7.19. The molecule has 82 valence electrons. The molecule has 0 aliphatic rings. The highest BCUT2D eigenvalue weighted by atomic mass is 16.5. The van der Waals surface area contributed by atoms with E-state index in [1.54, 1.807) is 0 Å². The van der Waals surface area contributed by atoms with Crippen molar-refractivity contribution in [3.05, 3.63) is 17.2 Å². The Morgan fingerprint density at radius 1 is 1.40 bits per heavy atom. The lowest BCUT2D eigenvalue weighted by Gasteiger charge is -2.13. The molecule has 0 fully saturated rings. The monoisotopic (exact) mass is 212 g/mol. The zero-order chi connectivity index (χ0) is 11.4. The molecule has 2 N–H and O–H groups in total. The molecule has 1 rings (SSSR count). The van der Waals surface area contributed by atoms with Crippen molar-refractivity contribution in [1.29, 1.82) is 0 Å². The molecule has 0 radical (unpaired) electrons. The molecule has 0 saturated heterocycles. The molecule has 1 aromatic carbocycles. The molecule has 0 aliphatic carbocycles. The number of phenols is 1. The predicted molar refractivity (Wildman–Crippen MR) is 52.5 cm³/mol. The fraction of sp³-hybridized carbons (Fsp3) is 0.300. The number of aldehydes is 1. The van der Waals surface area contributed by atoms with E-state index >= 15 is 0 Å². The summed E-state index contributed by atoms with van der Waals surface area (Å²) in [5.41, 5.74) is 0.357. The van der Waals surface area contributed by atoms with Crippen molar-refractivity contribution in [1.82, 2.24) is 0 Å². The summed E-state index contributed by atoms with van der Waals surface area (Å²) in [7, 11) is 2.71. The largest absolute Gasteiger partial charge is 0.504 e. The highest BCUT2D eigenvalue weighted by Gasteiger charge is 2.17. The van der Waals surface area contributed by atoms with Crippen molar-refractivity contribution in [2.75, 3.05) is 14.2 Å². The lowest BCUT2D eigenvalue weighted by molar-refractivity contribution is 0.111. The Morgan fingerprint density at radius 3 is 2.47 bits per heavy atom. The van der Waals surface area contributed by atoms with Gasteiger partial charge in [-0.3, -0.25) is 4.79 Å². The van der Waals surface area contributed by atoms with E-state index < -0.39 is 6.61 Å². The quantitative estimate of drug-likeness (QED) is 0.719. The number of carbonyl (C=O) groups is 1. The van der Waals surface area contributed by atoms with Crippen LogP contribution in [0.5, 0.6) is 17.2 Å². The van der Waals surface area contributed by atoms with Gasteiger partial charge in [-0.05, 0) is 6.07 Å². The highest BCUT2D eigenvalue weighted by Crippen LogP contribution is 2.38. The smallest absolute Gasteiger partial charge is 0.167 e. The maximum Gasteiger partial charge on any atom is 0.167 e. The van der Waals surface area contributed by atoms with Gasteiger partial charge in [0.1, 0.15) is 5.75 Å². The first kappa shape index (κ1) is 11.3. The van der Waals surface area contributed by atoms with Gasteiger partial charge in [-0.2, -0.15) is 0 Å². The number of benzene rings is 1. The molecule has 0 aromatic heterocycles. The summed E-state index contributed by atoms with van der Waals surface area (Å²) in [5, 5.41) is 18.7. The van der Waals surface area contributed by atoms with Gasteiger partial charge in [-0.25, -0.2) is 0 Å². The molecule has 5 heteroatoms. The third-order valence-electron chi connectivity index (χ3n) is 2.05. The molecule has 5 nitrogen and oxygen atoms in total. The van der Waals surface area contributed by atoms with Crippen molar-refractivity contribution < 1.29 is 24.5 Å². The number of rotatable bonds is 4. The van der Waals surface area contributed by atoms with Crippen molar-refractivity contribution in [3.63, 3.8) is 0 Å². The Labute approximate surface area is 86.9 Å². The van der Waals surface area contributed by atoms with Crippen LogP contribution in [0.2, 0.25) is 0 Å². The summed E-state index contributed by atoms with van der Waals surface area (Å²) in [6.07, 6.45) is 0.569. The van der Waals surface area contributed by atoms with E-state index in [0.717, 1.165) is 0 Å². The van der Waals surface area contributed by atoms with E-state index in [9.17, 15) is 9.90 Å². The molecule has 15 heavy (non-hydrogen) atoms. The first-order valence-corrected chi connectivity index (χ1v) is 4.22. The summed E-state index contributed by atoms with van der Waals surface area (Å²) >= 11 is 0. The fourth-order valence-corrected chi connectivity index (χ4v) is 1.34. The minimum atomic E-state index is -0.437. The number of aliphatic hydroxyl groups excluding tert-OH is 1. The second-order valence-electron chi connectivity index (χ2n) is 2.80. The molecular weight excluding hydrogens is 200 g/mol. The zero-order valence-corrected chi connectivity index (χ0v) is 8.48. The summed E-state index contributed by atoms with van der Waals surface area (Å²) < 4.78 is 9.79. The third-order valence-corrected chi connectivity index (χ3v) is 2.05. The maximum absolute atomic E-state index is 10.7. The number of aliphatic hydroxyl groups is 1. The van der Waals surface area contributed by atoms with Gasteiger partial charge in [-0.1, -0.05) is 0 Å². The topological polar surface area (TPSA) is 76.0 Å². The van der Waals surface area contributed by atoms with Crippen LogP contribution in [0.1, 0.15) is 15.9 Å². The molecule has 0 unspecified atom stereocenters. The lowest BCUT2D eigenvalue weighted by Crippen LogP contribution is -1.99. The molecule has 0 spiro atoms. The van der Waals surface area contributed by atoms with Gasteiger partial charge in [0.2, 0.25) is 0 Å². The predicted octanol–water partition coefficient (Wildman–Crippen LogP) is 0.714. The SMILES string of the molecule is COc1cc(C=O)c(OC)c(CO)c1O. The van der Waals surface area contributed by atoms with E-state index in [1.807, 2.05) is 0 Å². The first-order valence-electron chi connectivity index (χ1n) is 4.22. The Kier molecular flexibility index (Phi) is 3.51. The molecule has 0 bridgehead atoms. The van der Waals surface area contributed by atoms with Crippen LogP contribution in [0.25, 0.3) is 0 Å². The maximum atomic E-state index is 10.7. The van der Waals surface area contributed by atoms with Crippen LogP contribution in [0, 0.1) is 0 Å². The van der Waals surface area contributed by atoms with Gasteiger partial charge in [-0.15, -0.1) is 0 Å². The Morgan fingerprint density at radius 2 is 2.07 bits per heavy atom. The molecule has 0 atom stereocenters. The fourth-order valence-electron chi connectivity index (χ4n) is 1.34. The van der Waals surface area contributed by atoms with Gasteiger partial charge in [0.05, 0.1) is 32.0 Å². The standard InChI is InChI=1S/C10H12O5/c1-14-8-3-6(4-11)10(15-2)7(5-12)9(8)13/h3-4,12-13H,5H2,1-2H3. The number of hydrogen-bond donors (Lipinski definition) is 2. The van der Waals surface area contributed by atoms with E-state index in [0.29, 0.717) is 6.29 Å². The van der Waals surface area contributed by atoms with Crippen molar-refractivity contribution >= 4 is 6.29 Å². The highest BCUT2D eigenvalue weighted by molar-refractivity contribution is 5.82. The average Bonchev–Trinajstić information content (AvgIpc) is 2.28. The van der Waals surface area contributed by atoms with Crippen molar-refractivity contribution in [2.45, 2.75) is 6.61 Å². The molecule has 0 heterocycles. The summed E-state index contributed by atoms with van der Waals surface area (Å²) in [4.78, 5) is 10.7. The van der Waals surface area contributed by atoms with Gasteiger partial charge in [0, 0.05) is 0 Å². The van der Waals surface area contributed by atoms with Crippen LogP contribution < -0.4 is 9.47 Å². The van der Waals surface area contributed by atoms with E-state index in [2.05, 4.69) is 0 Å². The molecule has 0 saturated carbocycles. The van der Waals surface area contributed by atoms with Gasteiger partial charge in [0.15, 0.2) is 17.8 Å². The normalized spacial score (nSPS) is 9.80. The third kappa shape index (κ3) is 1.87. The van der Waals surface area contributed by atoms with E-state index in [4.69, 9.17) is 14.6 Å². The van der Waals surface area contributed by atoms with Crippen LogP contribution in [0.4, 0.5) is 0 Å². The molecule has 0 aliphatic heterocycles. The summed E-state index contributed by atoms with van der Waals surface area (Å²) in [5.74, 6) is 0.0650. The van der Waals surface area contributed by atoms with Crippen LogP contribution >= 0.6 is 0 Å². The van der Waals surface area contributed by atoms with Gasteiger partial charge >= 0.3 is 0 Å². The van der Waals surface area contributed by atoms with Gasteiger partial charge in [0.25, 0.3) is 0 Å². The minimum Gasteiger partial charge on any atom is -0.504 e. The zero-order valence-electron chi connectivity index (χ0n) is 8.48. The Balaban J connectivity index is 3.49. The van der Waals surface area contributed by atoms with Crippen LogP contribution in [0.15, 0.2) is 6.07 Å². The minimum absolute atomic E-state index is 0.127. The molecule has 0 amide bonds. The average molecular weight is 212 g/mol. The number of aromatic hydroxyl groups is 1. The summed E-state index contributed by atoms with van der Waals surface area (Å²) in [6, 6.07) is 1.35. The van der Waals surface area contributed by atoms with Gasteiger partial charge < -0.3 is 19.7 Å². The summed E-state index contributed by atoms with van der Waals surface area (Å²) in [6.45, 7) is -0.437. The molecule has 1 aromatic rings. The Hall–Kier alpha value is -1.75. The lowest BCUT2D eigenvalue weighted by atomic mass is 10.1. The van der Waals surface area contributed by atoms with Crippen molar-refractivity contribution in [3.8, 4) is 17.2 Å². The van der Waals surface area contributed by atoms with Crippen molar-refractivity contribution in [2.24, 2.45) is 0 Å². The Bertz CT molecular complexity index is 373. The number of ether oxygens (including phenoxy) is 2. The van der Waals surface area contributed by atoms with E-state index in [1.165, 1.54) is 20.3 Å². The number of carbonyl (C=O) groups excluding carboxylic acids is 1. The number of hydrogen-bond acceptors (Lipinski definition) is 5. The number of methoxy groups -OCH3 is 2. The van der Waals surface area contributed by atoms with Crippen LogP contribution in [-0.4, -0.2) is 30.7 Å². The van der Waals surface area contributed by atoms with Crippen LogP contribution in [-0.2, 0) is 6.61 Å². The second-order valence-corrected chi connectivity index (χ2v) is 2.80.